The number of carbonyl (C=O) groups is 2. The van der Waals surface area contributed by atoms with Gasteiger partial charge in [0.15, 0.2) is 0 Å². The Bertz CT molecular complexity index is 600. The minimum Gasteiger partial charge on any atom is -0.479 e. The molecular formula is C17H21ClFNO3. The van der Waals surface area contributed by atoms with Gasteiger partial charge in [0.1, 0.15) is 0 Å². The van der Waals surface area contributed by atoms with Crippen molar-refractivity contribution in [2.24, 2.45) is 0 Å². The second-order valence-corrected chi connectivity index (χ2v) is 6.48. The van der Waals surface area contributed by atoms with Crippen molar-refractivity contribution in [1.82, 2.24) is 4.90 Å². The number of likely N-dealkylation sites (tertiary alicyclic amines) is 1. The SMILES string of the molecule is CCC(CC)(C(=O)N1CCC(F)(C(=O)O)C1)c1ccc(Cl)cc1. The normalized spacial score (nSPS) is 21.5. The first-order chi connectivity index (χ1) is 10.8. The van der Waals surface area contributed by atoms with Crippen LogP contribution in [0, 0.1) is 0 Å². The second-order valence-electron chi connectivity index (χ2n) is 6.04. The molecular weight excluding hydrogens is 321 g/mol. The van der Waals surface area contributed by atoms with E-state index >= 15 is 0 Å². The number of carboxylic acid groups (broad SMARTS) is 1. The average molecular weight is 342 g/mol. The molecule has 6 heteroatoms. The van der Waals surface area contributed by atoms with Crippen LogP contribution in [0.5, 0.6) is 0 Å². The minimum atomic E-state index is -2.34. The predicted octanol–water partition coefficient (Wildman–Crippen LogP) is 3.42. The maximum atomic E-state index is 14.3. The Balaban J connectivity index is 2.33. The lowest BCUT2D eigenvalue weighted by Crippen LogP contribution is -2.47. The smallest absolute Gasteiger partial charge is 0.343 e. The van der Waals surface area contributed by atoms with Crippen LogP contribution in [0.1, 0.15) is 38.7 Å². The van der Waals surface area contributed by atoms with Crippen molar-refractivity contribution in [3.05, 3.63) is 34.9 Å². The summed E-state index contributed by atoms with van der Waals surface area (Å²) in [6, 6.07) is 7.07. The molecule has 1 aliphatic rings. The Kier molecular flexibility index (Phi) is 4.99. The number of benzene rings is 1. The van der Waals surface area contributed by atoms with Gasteiger partial charge in [0.25, 0.3) is 0 Å². The molecule has 0 spiro atoms. The molecule has 0 radical (unpaired) electrons. The van der Waals surface area contributed by atoms with Crippen LogP contribution in [0.3, 0.4) is 0 Å². The quantitative estimate of drug-likeness (QED) is 0.892. The molecule has 1 fully saturated rings. The van der Waals surface area contributed by atoms with Gasteiger partial charge in [0.05, 0.1) is 12.0 Å². The van der Waals surface area contributed by atoms with E-state index in [0.29, 0.717) is 17.9 Å². The number of amides is 1. The number of nitrogens with zero attached hydrogens (tertiary/aromatic N) is 1. The molecule has 1 amide bonds. The van der Waals surface area contributed by atoms with E-state index in [1.54, 1.807) is 12.1 Å². The van der Waals surface area contributed by atoms with Crippen LogP contribution >= 0.6 is 11.6 Å². The van der Waals surface area contributed by atoms with Gasteiger partial charge in [0.2, 0.25) is 11.6 Å². The lowest BCUT2D eigenvalue weighted by Gasteiger charge is -2.35. The fourth-order valence-electron chi connectivity index (χ4n) is 3.28. The van der Waals surface area contributed by atoms with Gasteiger partial charge in [-0.15, -0.1) is 0 Å². The molecule has 0 aliphatic carbocycles. The topological polar surface area (TPSA) is 57.6 Å². The third kappa shape index (κ3) is 3.07. The fraction of sp³-hybridized carbons (Fsp3) is 0.529. The summed E-state index contributed by atoms with van der Waals surface area (Å²) in [5.74, 6) is -1.72. The number of carbonyl (C=O) groups excluding carboxylic acids is 1. The highest BCUT2D eigenvalue weighted by Crippen LogP contribution is 2.37. The van der Waals surface area contributed by atoms with Crippen LogP contribution in [0.4, 0.5) is 4.39 Å². The van der Waals surface area contributed by atoms with Gasteiger partial charge in [-0.2, -0.15) is 0 Å². The maximum Gasteiger partial charge on any atom is 0.343 e. The number of hydrogen-bond donors (Lipinski definition) is 1. The molecule has 0 aromatic heterocycles. The molecule has 1 aliphatic heterocycles. The molecule has 1 heterocycles. The summed E-state index contributed by atoms with van der Waals surface area (Å²) in [7, 11) is 0. The molecule has 0 bridgehead atoms. The largest absolute Gasteiger partial charge is 0.479 e. The number of aliphatic carboxylic acids is 1. The van der Waals surface area contributed by atoms with Crippen LogP contribution in [-0.4, -0.2) is 40.6 Å². The zero-order valence-electron chi connectivity index (χ0n) is 13.3. The molecule has 23 heavy (non-hydrogen) atoms. The first kappa shape index (κ1) is 17.7. The van der Waals surface area contributed by atoms with Gasteiger partial charge in [-0.3, -0.25) is 4.79 Å². The lowest BCUT2D eigenvalue weighted by molar-refractivity contribution is -0.150. The number of rotatable bonds is 5. The number of halogens is 2. The molecule has 1 atom stereocenters. The zero-order valence-corrected chi connectivity index (χ0v) is 14.1. The van der Waals surface area contributed by atoms with Crippen molar-refractivity contribution in [3.8, 4) is 0 Å². The molecule has 1 unspecified atom stereocenters. The Morgan fingerprint density at radius 2 is 1.87 bits per heavy atom. The Hall–Kier alpha value is -1.62. The van der Waals surface area contributed by atoms with E-state index in [-0.39, 0.29) is 18.9 Å². The number of carboxylic acids is 1. The van der Waals surface area contributed by atoms with E-state index in [9.17, 15) is 14.0 Å². The first-order valence-corrected chi connectivity index (χ1v) is 8.14. The van der Waals surface area contributed by atoms with Crippen LogP contribution in [0.15, 0.2) is 24.3 Å². The van der Waals surface area contributed by atoms with Crippen molar-refractivity contribution in [3.63, 3.8) is 0 Å². The van der Waals surface area contributed by atoms with Gasteiger partial charge in [-0.05, 0) is 30.5 Å². The zero-order chi connectivity index (χ0) is 17.3. The first-order valence-electron chi connectivity index (χ1n) is 7.77. The van der Waals surface area contributed by atoms with Gasteiger partial charge in [-0.1, -0.05) is 37.6 Å². The molecule has 1 aromatic carbocycles. The highest BCUT2D eigenvalue weighted by Gasteiger charge is 2.50. The summed E-state index contributed by atoms with van der Waals surface area (Å²) in [6.07, 6.45) is 0.928. The van der Waals surface area contributed by atoms with Gasteiger partial charge in [-0.25, -0.2) is 9.18 Å². The van der Waals surface area contributed by atoms with Crippen LogP contribution in [0.2, 0.25) is 5.02 Å². The Morgan fingerprint density at radius 3 is 2.30 bits per heavy atom. The van der Waals surface area contributed by atoms with Crippen molar-refractivity contribution >= 4 is 23.5 Å². The van der Waals surface area contributed by atoms with Crippen molar-refractivity contribution in [2.45, 2.75) is 44.2 Å². The maximum absolute atomic E-state index is 14.3. The van der Waals surface area contributed by atoms with E-state index in [4.69, 9.17) is 16.7 Å². The highest BCUT2D eigenvalue weighted by molar-refractivity contribution is 6.30. The van der Waals surface area contributed by atoms with E-state index in [1.807, 2.05) is 26.0 Å². The van der Waals surface area contributed by atoms with Gasteiger partial charge >= 0.3 is 5.97 Å². The Morgan fingerprint density at radius 1 is 1.30 bits per heavy atom. The fourth-order valence-corrected chi connectivity index (χ4v) is 3.40. The van der Waals surface area contributed by atoms with E-state index in [2.05, 4.69) is 0 Å². The number of hydrogen-bond acceptors (Lipinski definition) is 2. The summed E-state index contributed by atoms with van der Waals surface area (Å²) in [4.78, 5) is 25.5. The standard InChI is InChI=1S/C17H21ClFNO3/c1-3-16(4-2,12-5-7-13(18)8-6-12)14(21)20-10-9-17(19,11-20)15(22)23/h5-8H,3-4,9-11H2,1-2H3,(H,22,23). The number of alkyl halides is 1. The monoisotopic (exact) mass is 341 g/mol. The van der Waals surface area contributed by atoms with Crippen LogP contribution in [0.25, 0.3) is 0 Å². The van der Waals surface area contributed by atoms with E-state index < -0.39 is 23.6 Å². The van der Waals surface area contributed by atoms with Gasteiger partial charge in [0, 0.05) is 18.0 Å². The highest BCUT2D eigenvalue weighted by atomic mass is 35.5. The van der Waals surface area contributed by atoms with Crippen LogP contribution < -0.4 is 0 Å². The van der Waals surface area contributed by atoms with Crippen molar-refractivity contribution in [1.29, 1.82) is 0 Å². The second kappa shape index (κ2) is 6.48. The summed E-state index contributed by atoms with van der Waals surface area (Å²) in [6.45, 7) is 3.55. The predicted molar refractivity (Wildman–Crippen MR) is 86.4 cm³/mol. The van der Waals surface area contributed by atoms with Gasteiger partial charge < -0.3 is 10.0 Å². The molecule has 126 valence electrons. The molecule has 0 saturated carbocycles. The summed E-state index contributed by atoms with van der Waals surface area (Å²) < 4.78 is 14.3. The average Bonchev–Trinajstić information content (AvgIpc) is 2.94. The molecule has 1 aromatic rings. The molecule has 2 rings (SSSR count). The van der Waals surface area contributed by atoms with Crippen molar-refractivity contribution < 1.29 is 19.1 Å². The third-order valence-corrected chi connectivity index (χ3v) is 5.16. The third-order valence-electron chi connectivity index (χ3n) is 4.90. The summed E-state index contributed by atoms with van der Waals surface area (Å²) in [5.41, 5.74) is -2.30. The summed E-state index contributed by atoms with van der Waals surface area (Å²) in [5, 5.41) is 9.59. The summed E-state index contributed by atoms with van der Waals surface area (Å²) >= 11 is 5.92. The molecule has 1 N–H and O–H groups in total. The Labute approximate surface area is 140 Å². The molecule has 4 nitrogen and oxygen atoms in total. The van der Waals surface area contributed by atoms with Crippen LogP contribution in [-0.2, 0) is 15.0 Å². The lowest BCUT2D eigenvalue weighted by atomic mass is 9.74. The van der Waals surface area contributed by atoms with Crippen molar-refractivity contribution in [2.75, 3.05) is 13.1 Å². The molecule has 1 saturated heterocycles. The van der Waals surface area contributed by atoms with E-state index in [1.165, 1.54) is 4.90 Å². The van der Waals surface area contributed by atoms with E-state index in [0.717, 1.165) is 5.56 Å². The minimum absolute atomic E-state index is 0.122.